The van der Waals surface area contributed by atoms with E-state index < -0.39 is 11.9 Å². The number of amides is 2. The van der Waals surface area contributed by atoms with Gasteiger partial charge in [0, 0.05) is 41.1 Å². The molecule has 37 heavy (non-hydrogen) atoms. The van der Waals surface area contributed by atoms with E-state index in [9.17, 15) is 18.9 Å². The van der Waals surface area contributed by atoms with Crippen LogP contribution in [0.5, 0.6) is 0 Å². The first kappa shape index (κ1) is 26.6. The van der Waals surface area contributed by atoms with Crippen LogP contribution in [-0.4, -0.2) is 48.7 Å². The predicted molar refractivity (Wildman–Crippen MR) is 138 cm³/mol. The quantitative estimate of drug-likeness (QED) is 0.184. The Bertz CT molecular complexity index is 1290. The summed E-state index contributed by atoms with van der Waals surface area (Å²) < 4.78 is 12.2. The first-order valence-electron chi connectivity index (χ1n) is 11.1. The zero-order valence-corrected chi connectivity index (χ0v) is 20.0. The summed E-state index contributed by atoms with van der Waals surface area (Å²) in [6.07, 6.45) is 1.10. The highest BCUT2D eigenvalue weighted by Crippen LogP contribution is 2.25. The molecule has 0 spiro atoms. The Morgan fingerprint density at radius 2 is 1.78 bits per heavy atom. The van der Waals surface area contributed by atoms with Crippen LogP contribution in [0, 0.1) is 5.41 Å². The van der Waals surface area contributed by atoms with Gasteiger partial charge < -0.3 is 21.7 Å². The maximum Gasteiger partial charge on any atom is 0.350 e. The molecule has 0 saturated heterocycles. The minimum Gasteiger partial charge on any atom is -0.397 e. The van der Waals surface area contributed by atoms with Crippen molar-refractivity contribution in [3.05, 3.63) is 78.0 Å². The van der Waals surface area contributed by atoms with Gasteiger partial charge in [0.1, 0.15) is 11.7 Å². The topological polar surface area (TPSA) is 168 Å². The molecule has 0 fully saturated rings. The minimum absolute atomic E-state index is 0.0336. The number of nitrogens with one attached hydrogen (secondary N) is 2. The number of likely N-dealkylation sites (N-methyl/N-ethyl adjacent to an activating group) is 1. The lowest BCUT2D eigenvalue weighted by molar-refractivity contribution is -0.183. The van der Waals surface area contributed by atoms with Gasteiger partial charge >= 0.3 is 5.97 Å². The van der Waals surface area contributed by atoms with Crippen LogP contribution in [0.15, 0.2) is 66.9 Å². The molecular weight excluding hydrogens is 481 g/mol. The number of benzene rings is 2. The molecule has 2 amide bonds. The van der Waals surface area contributed by atoms with Crippen molar-refractivity contribution >= 4 is 46.5 Å². The Morgan fingerprint density at radius 1 is 1.08 bits per heavy atom. The summed E-state index contributed by atoms with van der Waals surface area (Å²) in [7, 11) is 1.55. The number of amidine groups is 1. The second-order valence-corrected chi connectivity index (χ2v) is 7.91. The normalized spacial score (nSPS) is 10.3. The summed E-state index contributed by atoms with van der Waals surface area (Å²) in [6, 6.07) is 16.1. The van der Waals surface area contributed by atoms with E-state index in [1.165, 1.54) is 34.2 Å². The third kappa shape index (κ3) is 6.78. The van der Waals surface area contributed by atoms with Crippen LogP contribution in [0.3, 0.4) is 0 Å². The van der Waals surface area contributed by atoms with Gasteiger partial charge in [0.2, 0.25) is 5.91 Å². The molecule has 2 aromatic carbocycles. The fourth-order valence-corrected chi connectivity index (χ4v) is 3.42. The van der Waals surface area contributed by atoms with Gasteiger partial charge in [-0.1, -0.05) is 6.07 Å². The lowest BCUT2D eigenvalue weighted by Crippen LogP contribution is -2.34. The van der Waals surface area contributed by atoms with Gasteiger partial charge in [-0.3, -0.25) is 24.8 Å². The number of carbonyl (C=O) groups is 3. The van der Waals surface area contributed by atoms with Crippen molar-refractivity contribution in [2.75, 3.05) is 41.0 Å². The van der Waals surface area contributed by atoms with Crippen molar-refractivity contribution < 1.29 is 23.9 Å². The van der Waals surface area contributed by atoms with E-state index in [4.69, 9.17) is 16.9 Å². The highest BCUT2D eigenvalue weighted by molar-refractivity contribution is 6.07. The third-order valence-corrected chi connectivity index (χ3v) is 5.45. The molecule has 0 aliphatic rings. The van der Waals surface area contributed by atoms with Crippen molar-refractivity contribution in [3.8, 4) is 0 Å². The highest BCUT2D eigenvalue weighted by atomic mass is 19.3. The molecule has 0 radical (unpaired) electrons. The molecule has 0 unspecified atom stereocenters. The van der Waals surface area contributed by atoms with E-state index in [0.29, 0.717) is 16.9 Å². The number of hydrogen-bond donors (Lipinski definition) is 4. The summed E-state index contributed by atoms with van der Waals surface area (Å²) >= 11 is 0. The molecule has 11 nitrogen and oxygen atoms in total. The Hall–Kier alpha value is -5.00. The number of nitrogens with zero attached hydrogens (tertiary/aromatic N) is 3. The zero-order chi connectivity index (χ0) is 26.9. The molecule has 0 aliphatic carbocycles. The SMILES string of the molecule is CN(C(=O)CNc1ccc(C(=N)N)cc1)c1ccc(C(=O)N(CCC(=O)OF)c2ccccn2)cc1N. The summed E-state index contributed by atoms with van der Waals surface area (Å²) in [5, 5.41) is 10.4. The van der Waals surface area contributed by atoms with Gasteiger partial charge in [-0.25, -0.2) is 9.78 Å². The zero-order valence-electron chi connectivity index (χ0n) is 20.0. The Morgan fingerprint density at radius 3 is 2.38 bits per heavy atom. The van der Waals surface area contributed by atoms with Gasteiger partial charge in [-0.2, -0.15) is 0 Å². The van der Waals surface area contributed by atoms with Crippen LogP contribution in [0.1, 0.15) is 22.3 Å². The van der Waals surface area contributed by atoms with Crippen molar-refractivity contribution in [2.45, 2.75) is 6.42 Å². The number of halogens is 1. The van der Waals surface area contributed by atoms with E-state index >= 15 is 0 Å². The van der Waals surface area contributed by atoms with Crippen LogP contribution in [0.25, 0.3) is 0 Å². The fourth-order valence-electron chi connectivity index (χ4n) is 3.42. The number of aromatic nitrogens is 1. The Kier molecular flexibility index (Phi) is 8.71. The smallest absolute Gasteiger partial charge is 0.350 e. The summed E-state index contributed by atoms with van der Waals surface area (Å²) in [5.41, 5.74) is 13.6. The maximum absolute atomic E-state index is 13.2. The lowest BCUT2D eigenvalue weighted by Gasteiger charge is -2.23. The van der Waals surface area contributed by atoms with Crippen LogP contribution < -0.4 is 26.6 Å². The number of nitrogen functional groups attached to an aromatic ring is 2. The number of anilines is 4. The van der Waals surface area contributed by atoms with E-state index in [2.05, 4.69) is 15.2 Å². The van der Waals surface area contributed by atoms with Crippen LogP contribution in [0.2, 0.25) is 0 Å². The molecule has 6 N–H and O–H groups in total. The fraction of sp³-hybridized carbons (Fsp3) is 0.160. The van der Waals surface area contributed by atoms with Crippen molar-refractivity contribution in [3.63, 3.8) is 0 Å². The van der Waals surface area contributed by atoms with E-state index in [-0.39, 0.29) is 48.3 Å². The number of carbonyl (C=O) groups excluding carboxylic acids is 3. The van der Waals surface area contributed by atoms with Gasteiger partial charge in [-0.05, 0) is 54.6 Å². The lowest BCUT2D eigenvalue weighted by atomic mass is 10.1. The first-order valence-corrected chi connectivity index (χ1v) is 11.1. The van der Waals surface area contributed by atoms with Gasteiger partial charge in [0.15, 0.2) is 0 Å². The molecule has 0 saturated carbocycles. The van der Waals surface area contributed by atoms with Crippen LogP contribution >= 0.6 is 0 Å². The molecule has 0 aliphatic heterocycles. The summed E-state index contributed by atoms with van der Waals surface area (Å²) in [6.45, 7) is -0.203. The van der Waals surface area contributed by atoms with Crippen molar-refractivity contribution in [2.24, 2.45) is 5.73 Å². The van der Waals surface area contributed by atoms with Crippen molar-refractivity contribution in [1.82, 2.24) is 4.98 Å². The van der Waals surface area contributed by atoms with Gasteiger partial charge in [0.25, 0.3) is 5.91 Å². The molecule has 1 aromatic heterocycles. The van der Waals surface area contributed by atoms with Gasteiger partial charge in [-0.15, -0.1) is 0 Å². The van der Waals surface area contributed by atoms with Gasteiger partial charge in [0.05, 0.1) is 24.3 Å². The van der Waals surface area contributed by atoms with Crippen LogP contribution in [-0.2, 0) is 14.5 Å². The van der Waals surface area contributed by atoms with Crippen molar-refractivity contribution in [1.29, 1.82) is 5.41 Å². The average molecular weight is 508 g/mol. The second-order valence-electron chi connectivity index (χ2n) is 7.91. The Labute approximate surface area is 212 Å². The number of pyridine rings is 1. The highest BCUT2D eigenvalue weighted by Gasteiger charge is 2.22. The largest absolute Gasteiger partial charge is 0.397 e. The molecular formula is C25H26FN7O4. The monoisotopic (exact) mass is 507 g/mol. The van der Waals surface area contributed by atoms with Crippen LogP contribution in [0.4, 0.5) is 27.4 Å². The molecule has 12 heteroatoms. The number of rotatable bonds is 10. The first-order chi connectivity index (χ1) is 17.7. The average Bonchev–Trinajstić information content (AvgIpc) is 2.91. The third-order valence-electron chi connectivity index (χ3n) is 5.45. The molecule has 0 atom stereocenters. The molecule has 0 bridgehead atoms. The second kappa shape index (κ2) is 12.1. The van der Waals surface area contributed by atoms with E-state index in [1.807, 2.05) is 0 Å². The van der Waals surface area contributed by atoms with E-state index in [1.54, 1.807) is 49.5 Å². The summed E-state index contributed by atoms with van der Waals surface area (Å²) in [5.74, 6) is -1.72. The molecule has 192 valence electrons. The maximum atomic E-state index is 13.2. The molecule has 1 heterocycles. The number of nitrogens with two attached hydrogens (primary N) is 2. The molecule has 3 rings (SSSR count). The minimum atomic E-state index is -1.12. The summed E-state index contributed by atoms with van der Waals surface area (Å²) in [4.78, 5) is 47.1. The Balaban J connectivity index is 1.72. The van der Waals surface area contributed by atoms with E-state index in [0.717, 1.165) is 0 Å². The predicted octanol–water partition coefficient (Wildman–Crippen LogP) is 2.49. The molecule has 3 aromatic rings. The standard InChI is InChI=1S/C25H26FN7O4/c1-32(22(34)15-31-18-8-5-16(6-9-18)24(28)29)20-10-7-17(14-19(20)27)25(36)33(13-11-23(35)37-26)21-4-2-3-12-30-21/h2-10,12,14,31H,11,13,15,27H2,1H3,(H3,28,29). The number of hydrogen-bond acceptors (Lipinski definition) is 8.